The van der Waals surface area contributed by atoms with E-state index in [0.717, 1.165) is 14.9 Å². The first-order chi connectivity index (χ1) is 13.4. The monoisotopic (exact) mass is 478 g/mol. The van der Waals surface area contributed by atoms with E-state index in [2.05, 4.69) is 15.9 Å². The van der Waals surface area contributed by atoms with Crippen LogP contribution in [0.25, 0.3) is 0 Å². The number of rotatable bonds is 4. The number of imide groups is 1. The highest BCUT2D eigenvalue weighted by molar-refractivity contribution is 9.10. The maximum atomic E-state index is 13.5. The summed E-state index contributed by atoms with van der Waals surface area (Å²) in [6.07, 6.45) is -0.197. The smallest absolute Gasteiger partial charge is 0.252 e. The molecule has 6 nitrogen and oxygen atoms in total. The Labute approximate surface area is 179 Å². The van der Waals surface area contributed by atoms with E-state index in [1.165, 1.54) is 16.4 Å². The fourth-order valence-corrected chi connectivity index (χ4v) is 5.67. The number of amides is 2. The van der Waals surface area contributed by atoms with Crippen LogP contribution in [0.5, 0.6) is 0 Å². The number of aryl methyl sites for hydroxylation is 1. The summed E-state index contributed by atoms with van der Waals surface area (Å²) >= 11 is 3.33. The standard InChI is InChI=1S/C21H23BrN2O4S/c1-14-5-11-17(12-6-14)29(27,28)24(21(2,3)4)18-13-19(25)23(20(18)26)16-9-7-15(22)8-10-16/h5-12,18H,13H2,1-4H3. The van der Waals surface area contributed by atoms with Crippen molar-refractivity contribution in [2.75, 3.05) is 4.90 Å². The number of carbonyl (C=O) groups excluding carboxylic acids is 2. The lowest BCUT2D eigenvalue weighted by Crippen LogP contribution is -2.54. The number of hydrogen-bond acceptors (Lipinski definition) is 4. The largest absolute Gasteiger partial charge is 0.274 e. The summed E-state index contributed by atoms with van der Waals surface area (Å²) in [5.41, 5.74) is 0.451. The van der Waals surface area contributed by atoms with E-state index < -0.39 is 33.4 Å². The third-order valence-electron chi connectivity index (χ3n) is 4.73. The molecule has 1 aliphatic rings. The molecule has 1 atom stereocenters. The van der Waals surface area contributed by atoms with Crippen LogP contribution in [-0.2, 0) is 19.6 Å². The van der Waals surface area contributed by atoms with Crippen molar-refractivity contribution in [3.63, 3.8) is 0 Å². The Morgan fingerprint density at radius 3 is 2.07 bits per heavy atom. The van der Waals surface area contributed by atoms with E-state index in [9.17, 15) is 18.0 Å². The van der Waals surface area contributed by atoms with Gasteiger partial charge < -0.3 is 0 Å². The zero-order chi connectivity index (χ0) is 21.6. The van der Waals surface area contributed by atoms with Crippen LogP contribution in [-0.4, -0.2) is 36.1 Å². The summed E-state index contributed by atoms with van der Waals surface area (Å²) in [6.45, 7) is 7.03. The van der Waals surface area contributed by atoms with Crippen molar-refractivity contribution in [3.8, 4) is 0 Å². The number of sulfonamides is 1. The van der Waals surface area contributed by atoms with Gasteiger partial charge in [-0.05, 0) is 64.1 Å². The molecule has 3 rings (SSSR count). The molecule has 8 heteroatoms. The average Bonchev–Trinajstić information content (AvgIpc) is 2.89. The van der Waals surface area contributed by atoms with E-state index in [0.29, 0.717) is 5.69 Å². The molecule has 0 N–H and O–H groups in total. The van der Waals surface area contributed by atoms with Crippen LogP contribution in [0, 0.1) is 6.92 Å². The van der Waals surface area contributed by atoms with Gasteiger partial charge in [0.2, 0.25) is 15.9 Å². The van der Waals surface area contributed by atoms with E-state index >= 15 is 0 Å². The van der Waals surface area contributed by atoms with Crippen molar-refractivity contribution in [2.24, 2.45) is 0 Å². The maximum absolute atomic E-state index is 13.5. The molecule has 1 fully saturated rings. The van der Waals surface area contributed by atoms with Gasteiger partial charge >= 0.3 is 0 Å². The summed E-state index contributed by atoms with van der Waals surface area (Å²) in [7, 11) is -4.00. The van der Waals surface area contributed by atoms with Gasteiger partial charge in [-0.25, -0.2) is 13.3 Å². The number of benzene rings is 2. The van der Waals surface area contributed by atoms with Crippen LogP contribution in [0.4, 0.5) is 5.69 Å². The van der Waals surface area contributed by atoms with Crippen LogP contribution < -0.4 is 4.90 Å². The summed E-state index contributed by atoms with van der Waals surface area (Å²) in [4.78, 5) is 27.1. The number of halogens is 1. The fourth-order valence-electron chi connectivity index (χ4n) is 3.48. The molecule has 0 radical (unpaired) electrons. The van der Waals surface area contributed by atoms with Gasteiger partial charge in [0.25, 0.3) is 5.91 Å². The predicted molar refractivity (Wildman–Crippen MR) is 115 cm³/mol. The minimum atomic E-state index is -4.00. The lowest BCUT2D eigenvalue weighted by atomic mass is 10.1. The van der Waals surface area contributed by atoms with Crippen molar-refractivity contribution < 1.29 is 18.0 Å². The molecule has 1 heterocycles. The van der Waals surface area contributed by atoms with Crippen LogP contribution in [0.2, 0.25) is 0 Å². The first-order valence-electron chi connectivity index (χ1n) is 9.16. The SMILES string of the molecule is Cc1ccc(S(=O)(=O)N(C2CC(=O)N(c3ccc(Br)cc3)C2=O)C(C)(C)C)cc1. The first kappa shape index (κ1) is 21.7. The number of carbonyl (C=O) groups is 2. The van der Waals surface area contributed by atoms with Gasteiger partial charge in [0.1, 0.15) is 6.04 Å². The Kier molecular flexibility index (Phi) is 5.73. The molecule has 154 valence electrons. The lowest BCUT2D eigenvalue weighted by molar-refractivity contribution is -0.122. The summed E-state index contributed by atoms with van der Waals surface area (Å²) < 4.78 is 28.9. The van der Waals surface area contributed by atoms with Gasteiger partial charge in [-0.15, -0.1) is 0 Å². The normalized spacial score (nSPS) is 18.0. The van der Waals surface area contributed by atoms with Crippen LogP contribution >= 0.6 is 15.9 Å². The van der Waals surface area contributed by atoms with Crippen LogP contribution in [0.15, 0.2) is 57.9 Å². The molecule has 2 aromatic carbocycles. The molecule has 0 saturated carbocycles. The fraction of sp³-hybridized carbons (Fsp3) is 0.333. The van der Waals surface area contributed by atoms with E-state index in [4.69, 9.17) is 0 Å². The van der Waals surface area contributed by atoms with E-state index in [1.807, 2.05) is 6.92 Å². The predicted octanol–water partition coefficient (Wildman–Crippen LogP) is 3.88. The molecule has 0 aliphatic carbocycles. The summed E-state index contributed by atoms with van der Waals surface area (Å²) in [5.74, 6) is -0.960. The van der Waals surface area contributed by atoms with Crippen LogP contribution in [0.3, 0.4) is 0 Å². The molecule has 0 bridgehead atoms. The zero-order valence-corrected chi connectivity index (χ0v) is 19.1. The molecule has 2 amide bonds. The second-order valence-electron chi connectivity index (χ2n) is 8.05. The molecule has 1 saturated heterocycles. The minimum Gasteiger partial charge on any atom is -0.274 e. The highest BCUT2D eigenvalue weighted by Crippen LogP contribution is 2.34. The van der Waals surface area contributed by atoms with E-state index in [1.54, 1.807) is 57.2 Å². The maximum Gasteiger partial charge on any atom is 0.252 e. The van der Waals surface area contributed by atoms with E-state index in [-0.39, 0.29) is 11.3 Å². The van der Waals surface area contributed by atoms with Gasteiger partial charge in [-0.1, -0.05) is 33.6 Å². The molecule has 0 spiro atoms. The van der Waals surface area contributed by atoms with Gasteiger partial charge in [-0.3, -0.25) is 9.59 Å². The number of hydrogen-bond donors (Lipinski definition) is 0. The molecule has 2 aromatic rings. The third-order valence-corrected chi connectivity index (χ3v) is 7.45. The topological polar surface area (TPSA) is 74.8 Å². The Morgan fingerprint density at radius 2 is 1.55 bits per heavy atom. The Hall–Kier alpha value is -2.03. The zero-order valence-electron chi connectivity index (χ0n) is 16.7. The van der Waals surface area contributed by atoms with Gasteiger partial charge in [0, 0.05) is 10.0 Å². The van der Waals surface area contributed by atoms with Crippen molar-refractivity contribution >= 4 is 43.5 Å². The third kappa shape index (κ3) is 4.15. The summed E-state index contributed by atoms with van der Waals surface area (Å²) in [6, 6.07) is 12.1. The van der Waals surface area contributed by atoms with Crippen molar-refractivity contribution in [1.82, 2.24) is 4.31 Å². The first-order valence-corrected chi connectivity index (χ1v) is 11.4. The van der Waals surface area contributed by atoms with Gasteiger partial charge in [0.15, 0.2) is 0 Å². The average molecular weight is 479 g/mol. The number of anilines is 1. The van der Waals surface area contributed by atoms with Gasteiger partial charge in [0.05, 0.1) is 17.0 Å². The highest BCUT2D eigenvalue weighted by Gasteiger charge is 2.50. The van der Waals surface area contributed by atoms with Crippen molar-refractivity contribution in [2.45, 2.75) is 50.6 Å². The van der Waals surface area contributed by atoms with Crippen molar-refractivity contribution in [1.29, 1.82) is 0 Å². The quantitative estimate of drug-likeness (QED) is 0.624. The molecule has 29 heavy (non-hydrogen) atoms. The van der Waals surface area contributed by atoms with Gasteiger partial charge in [-0.2, -0.15) is 4.31 Å². The second kappa shape index (κ2) is 7.66. The molecule has 1 aliphatic heterocycles. The highest BCUT2D eigenvalue weighted by atomic mass is 79.9. The lowest BCUT2D eigenvalue weighted by Gasteiger charge is -2.37. The Bertz CT molecular complexity index is 1040. The molecular formula is C21H23BrN2O4S. The number of nitrogens with zero attached hydrogens (tertiary/aromatic N) is 2. The molecule has 1 unspecified atom stereocenters. The minimum absolute atomic E-state index is 0.0976. The molecular weight excluding hydrogens is 456 g/mol. The second-order valence-corrected chi connectivity index (χ2v) is 10.8. The van der Waals surface area contributed by atoms with Crippen molar-refractivity contribution in [3.05, 3.63) is 58.6 Å². The summed E-state index contributed by atoms with van der Waals surface area (Å²) in [5, 5.41) is 0. The Morgan fingerprint density at radius 1 is 1.00 bits per heavy atom. The van der Waals surface area contributed by atoms with Crippen LogP contribution in [0.1, 0.15) is 32.8 Å². The Balaban J connectivity index is 2.04. The molecule has 0 aromatic heterocycles.